The fourth-order valence-electron chi connectivity index (χ4n) is 7.46. The van der Waals surface area contributed by atoms with Crippen molar-refractivity contribution in [2.75, 3.05) is 63.4 Å². The number of piperidine rings is 1. The number of benzene rings is 3. The Labute approximate surface area is 372 Å². The average Bonchev–Trinajstić information content (AvgIpc) is 3.93. The van der Waals surface area contributed by atoms with E-state index >= 15 is 0 Å². The van der Waals surface area contributed by atoms with Gasteiger partial charge in [0.25, 0.3) is 0 Å². The van der Waals surface area contributed by atoms with E-state index in [1.807, 2.05) is 47.9 Å². The van der Waals surface area contributed by atoms with Crippen molar-refractivity contribution in [2.24, 2.45) is 4.99 Å². The molecule has 18 heteroatoms. The Balaban J connectivity index is 0.715. The lowest BCUT2D eigenvalue weighted by Crippen LogP contribution is -2.39. The standard InChI is InChI=1S/C45H47ClN8O8S/c1-26-27(2)63-45-40(26)41(29-4-6-30(46)7-5-29)49-36(43-52-51-28(3)54(43)45)25-39(56)48-31-8-11-33(12-9-31)61-23-22-60-21-20-59-19-18-58-17-16-47-32-10-14-37-35(24-32)42(53-62-37)34-13-15-38(55)50-44(34)57/h4-12,14,24,34,36,47H,13,15-23,25H2,1-3H3,(H,48,56)(H,50,55,57)/t34?,36-/m0/s1. The Hall–Kier alpha value is -5.98. The number of nitrogens with one attached hydrogen (secondary N) is 3. The third-order valence-electron chi connectivity index (χ3n) is 10.8. The number of hydrogen-bond donors (Lipinski definition) is 3. The highest BCUT2D eigenvalue weighted by Gasteiger charge is 2.33. The van der Waals surface area contributed by atoms with E-state index in [-0.39, 0.29) is 30.6 Å². The SMILES string of the molecule is Cc1sc2c(c1C)C(c1ccc(Cl)cc1)=N[C@@H](CC(=O)Nc1ccc(OCCOCCOCCOCCNc3ccc4onc(C5CCC(=O)NC5=O)c4c3)cc1)c1nnc(C)n1-2. The number of carbonyl (C=O) groups is 3. The molecule has 5 heterocycles. The normalized spacial score (nSPS) is 16.0. The second-order valence-electron chi connectivity index (χ2n) is 15.1. The van der Waals surface area contributed by atoms with Gasteiger partial charge in [-0.05, 0) is 87.4 Å². The van der Waals surface area contributed by atoms with Crippen molar-refractivity contribution in [3.05, 3.63) is 111 Å². The summed E-state index contributed by atoms with van der Waals surface area (Å²) in [5, 5.41) is 24.0. The maximum absolute atomic E-state index is 13.5. The minimum Gasteiger partial charge on any atom is -0.491 e. The highest BCUT2D eigenvalue weighted by molar-refractivity contribution is 7.15. The topological polar surface area (TPSA) is 193 Å². The summed E-state index contributed by atoms with van der Waals surface area (Å²) in [6, 6.07) is 19.8. The zero-order valence-corrected chi connectivity index (χ0v) is 36.6. The van der Waals surface area contributed by atoms with Gasteiger partial charge in [0.1, 0.15) is 34.9 Å². The number of amides is 3. The van der Waals surface area contributed by atoms with Crippen molar-refractivity contribution >= 4 is 68.7 Å². The van der Waals surface area contributed by atoms with Gasteiger partial charge in [0.15, 0.2) is 11.4 Å². The molecule has 0 spiro atoms. The number of ether oxygens (including phenoxy) is 4. The van der Waals surface area contributed by atoms with Crippen molar-refractivity contribution < 1.29 is 37.9 Å². The van der Waals surface area contributed by atoms with Gasteiger partial charge in [-0.15, -0.1) is 21.5 Å². The molecule has 16 nitrogen and oxygen atoms in total. The van der Waals surface area contributed by atoms with Crippen molar-refractivity contribution in [3.63, 3.8) is 0 Å². The van der Waals surface area contributed by atoms with Crippen molar-refractivity contribution in [2.45, 2.75) is 52.0 Å². The fraction of sp³-hybridized carbons (Fsp3) is 0.356. The van der Waals surface area contributed by atoms with Crippen LogP contribution in [0.1, 0.15) is 70.1 Å². The Morgan fingerprint density at radius 3 is 2.37 bits per heavy atom. The molecule has 63 heavy (non-hydrogen) atoms. The number of aryl methyl sites for hydroxylation is 2. The zero-order valence-electron chi connectivity index (χ0n) is 35.1. The first-order valence-electron chi connectivity index (χ1n) is 20.7. The summed E-state index contributed by atoms with van der Waals surface area (Å²) < 4.78 is 30.2. The molecule has 3 amide bonds. The summed E-state index contributed by atoms with van der Waals surface area (Å²) in [5.74, 6) is 0.648. The zero-order chi connectivity index (χ0) is 43.9. The largest absolute Gasteiger partial charge is 0.491 e. The van der Waals surface area contributed by atoms with Gasteiger partial charge in [0, 0.05) is 50.8 Å². The Kier molecular flexibility index (Phi) is 13.9. The number of aromatic nitrogens is 4. The molecule has 1 fully saturated rings. The van der Waals surface area contributed by atoms with Crippen LogP contribution in [0.4, 0.5) is 11.4 Å². The first-order chi connectivity index (χ1) is 30.6. The Bertz CT molecular complexity index is 2620. The van der Waals surface area contributed by atoms with E-state index in [0.717, 1.165) is 44.3 Å². The molecule has 0 aliphatic carbocycles. The van der Waals surface area contributed by atoms with Gasteiger partial charge < -0.3 is 34.1 Å². The molecule has 8 rings (SSSR count). The fourth-order valence-corrected chi connectivity index (χ4v) is 8.80. The van der Waals surface area contributed by atoms with Gasteiger partial charge >= 0.3 is 0 Å². The van der Waals surface area contributed by atoms with E-state index in [1.165, 1.54) is 4.88 Å². The minimum absolute atomic E-state index is 0.0638. The second kappa shape index (κ2) is 20.0. The summed E-state index contributed by atoms with van der Waals surface area (Å²) in [5.41, 5.74) is 6.43. The molecular weight excluding hydrogens is 848 g/mol. The van der Waals surface area contributed by atoms with E-state index in [9.17, 15) is 14.4 Å². The molecule has 2 aliphatic rings. The van der Waals surface area contributed by atoms with Gasteiger partial charge in [-0.3, -0.25) is 29.3 Å². The molecule has 2 atom stereocenters. The molecule has 2 aliphatic heterocycles. The number of hydrogen-bond acceptors (Lipinski definition) is 14. The maximum Gasteiger partial charge on any atom is 0.235 e. The predicted molar refractivity (Wildman–Crippen MR) is 239 cm³/mol. The number of imide groups is 1. The minimum atomic E-state index is -0.577. The third-order valence-corrected chi connectivity index (χ3v) is 12.2. The molecule has 0 saturated carbocycles. The van der Waals surface area contributed by atoms with Gasteiger partial charge in [-0.25, -0.2) is 0 Å². The Morgan fingerprint density at radius 2 is 1.62 bits per heavy atom. The highest BCUT2D eigenvalue weighted by Crippen LogP contribution is 2.40. The number of anilines is 2. The van der Waals surface area contributed by atoms with Crippen LogP contribution in [-0.4, -0.2) is 96.1 Å². The van der Waals surface area contributed by atoms with Crippen LogP contribution in [0.2, 0.25) is 5.02 Å². The van der Waals surface area contributed by atoms with Gasteiger partial charge in [0.2, 0.25) is 17.7 Å². The highest BCUT2D eigenvalue weighted by atomic mass is 35.5. The average molecular weight is 895 g/mol. The lowest BCUT2D eigenvalue weighted by molar-refractivity contribution is -0.134. The number of fused-ring (bicyclic) bond motifs is 4. The quantitative estimate of drug-likeness (QED) is 0.0556. The molecule has 0 bridgehead atoms. The third kappa shape index (κ3) is 10.3. The van der Waals surface area contributed by atoms with Gasteiger partial charge in [-0.2, -0.15) is 0 Å². The Morgan fingerprint density at radius 1 is 0.905 bits per heavy atom. The second-order valence-corrected chi connectivity index (χ2v) is 16.7. The molecular formula is C45H47ClN8O8S. The monoisotopic (exact) mass is 894 g/mol. The van der Waals surface area contributed by atoms with Crippen LogP contribution in [-0.2, 0) is 28.6 Å². The van der Waals surface area contributed by atoms with E-state index in [2.05, 4.69) is 45.2 Å². The van der Waals surface area contributed by atoms with E-state index in [1.54, 1.807) is 41.7 Å². The van der Waals surface area contributed by atoms with E-state index in [0.29, 0.717) is 92.8 Å². The van der Waals surface area contributed by atoms with Crippen LogP contribution < -0.4 is 20.7 Å². The molecule has 1 unspecified atom stereocenters. The molecule has 3 aromatic heterocycles. The lowest BCUT2D eigenvalue weighted by atomic mass is 9.93. The van der Waals surface area contributed by atoms with Crippen LogP contribution in [0.5, 0.6) is 5.75 Å². The van der Waals surface area contributed by atoms with Gasteiger partial charge in [-0.1, -0.05) is 28.9 Å². The maximum atomic E-state index is 13.5. The van der Waals surface area contributed by atoms with Crippen LogP contribution in [0.3, 0.4) is 0 Å². The molecule has 1 saturated heterocycles. The summed E-state index contributed by atoms with van der Waals surface area (Å²) in [7, 11) is 0. The van der Waals surface area contributed by atoms with E-state index < -0.39 is 12.0 Å². The smallest absolute Gasteiger partial charge is 0.235 e. The molecule has 328 valence electrons. The summed E-state index contributed by atoms with van der Waals surface area (Å²) in [6.45, 7) is 9.57. The number of halogens is 1. The number of aliphatic imine (C=N–C) groups is 1. The number of carbonyl (C=O) groups excluding carboxylic acids is 3. The molecule has 3 N–H and O–H groups in total. The van der Waals surface area contributed by atoms with Crippen LogP contribution in [0.15, 0.2) is 76.2 Å². The summed E-state index contributed by atoms with van der Waals surface area (Å²) in [4.78, 5) is 43.8. The first-order valence-corrected chi connectivity index (χ1v) is 21.9. The first kappa shape index (κ1) is 43.7. The molecule has 0 radical (unpaired) electrons. The summed E-state index contributed by atoms with van der Waals surface area (Å²) in [6.07, 6.45) is 0.737. The number of thiophene rings is 1. The van der Waals surface area contributed by atoms with Crippen molar-refractivity contribution in [3.8, 4) is 10.8 Å². The van der Waals surface area contributed by atoms with Crippen molar-refractivity contribution in [1.82, 2.24) is 25.2 Å². The number of nitrogens with zero attached hydrogens (tertiary/aromatic N) is 5. The summed E-state index contributed by atoms with van der Waals surface area (Å²) >= 11 is 7.90. The van der Waals surface area contributed by atoms with Crippen LogP contribution in [0, 0.1) is 20.8 Å². The van der Waals surface area contributed by atoms with Crippen molar-refractivity contribution in [1.29, 1.82) is 0 Å². The van der Waals surface area contributed by atoms with Gasteiger partial charge in [0.05, 0.1) is 57.7 Å². The molecule has 3 aromatic carbocycles. The molecule has 6 aromatic rings. The van der Waals surface area contributed by atoms with E-state index in [4.69, 9.17) is 40.1 Å². The lowest BCUT2D eigenvalue weighted by Gasteiger charge is -2.18. The number of rotatable bonds is 19. The van der Waals surface area contributed by atoms with Crippen LogP contribution >= 0.6 is 22.9 Å². The van der Waals surface area contributed by atoms with Crippen LogP contribution in [0.25, 0.3) is 16.0 Å². The predicted octanol–water partition coefficient (Wildman–Crippen LogP) is 7.03.